The van der Waals surface area contributed by atoms with Crippen LogP contribution in [0.1, 0.15) is 45.1 Å². The van der Waals surface area contributed by atoms with E-state index < -0.39 is 0 Å². The fraction of sp³-hybridized carbons (Fsp3) is 0.588. The van der Waals surface area contributed by atoms with Gasteiger partial charge in [0, 0.05) is 12.0 Å². The third kappa shape index (κ3) is 3.59. The Bertz CT molecular complexity index is 401. The number of carbonyl (C=O) groups excluding carboxylic acids is 1. The van der Waals surface area contributed by atoms with Gasteiger partial charge in [0.05, 0.1) is 0 Å². The van der Waals surface area contributed by atoms with Crippen LogP contribution in [0.15, 0.2) is 30.3 Å². The molecule has 104 valence electrons. The molecular weight excluding hydrogens is 234 g/mol. The summed E-state index contributed by atoms with van der Waals surface area (Å²) in [5.41, 5.74) is 1.32. The van der Waals surface area contributed by atoms with Crippen LogP contribution in [-0.4, -0.2) is 11.9 Å². The summed E-state index contributed by atoms with van der Waals surface area (Å²) in [5.74, 6) is 1.07. The predicted molar refractivity (Wildman–Crippen MR) is 78.9 cm³/mol. The minimum atomic E-state index is 0.235. The number of hydrogen-bond acceptors (Lipinski definition) is 1. The summed E-state index contributed by atoms with van der Waals surface area (Å²) in [6.45, 7) is 4.41. The Kier molecular flexibility index (Phi) is 5.00. The van der Waals surface area contributed by atoms with Gasteiger partial charge in [-0.15, -0.1) is 0 Å². The Hall–Kier alpha value is -1.31. The molecular formula is C17H25NO. The van der Waals surface area contributed by atoms with Crippen molar-refractivity contribution in [1.29, 1.82) is 0 Å². The second-order valence-corrected chi connectivity index (χ2v) is 5.69. The minimum absolute atomic E-state index is 0.235. The lowest BCUT2D eigenvalue weighted by atomic mass is 9.84. The van der Waals surface area contributed by atoms with Crippen molar-refractivity contribution in [2.75, 3.05) is 0 Å². The summed E-state index contributed by atoms with van der Waals surface area (Å²) in [4.78, 5) is 12.1. The zero-order valence-corrected chi connectivity index (χ0v) is 12.1. The summed E-state index contributed by atoms with van der Waals surface area (Å²) in [7, 11) is 0. The molecule has 19 heavy (non-hydrogen) atoms. The van der Waals surface area contributed by atoms with Gasteiger partial charge in [-0.2, -0.15) is 0 Å². The van der Waals surface area contributed by atoms with Gasteiger partial charge in [0.25, 0.3) is 0 Å². The highest BCUT2D eigenvalue weighted by atomic mass is 16.2. The third-order valence-corrected chi connectivity index (χ3v) is 4.30. The van der Waals surface area contributed by atoms with E-state index in [4.69, 9.17) is 0 Å². The van der Waals surface area contributed by atoms with E-state index in [-0.39, 0.29) is 11.8 Å². The first-order valence-corrected chi connectivity index (χ1v) is 7.58. The van der Waals surface area contributed by atoms with E-state index in [1.54, 1.807) is 0 Å². The zero-order chi connectivity index (χ0) is 13.7. The van der Waals surface area contributed by atoms with E-state index in [2.05, 4.69) is 43.4 Å². The molecule has 0 bridgehead atoms. The second kappa shape index (κ2) is 6.74. The van der Waals surface area contributed by atoms with Crippen LogP contribution in [0.3, 0.4) is 0 Å². The minimum Gasteiger partial charge on any atom is -0.353 e. The van der Waals surface area contributed by atoms with Gasteiger partial charge in [-0.1, -0.05) is 57.0 Å². The van der Waals surface area contributed by atoms with Crippen LogP contribution >= 0.6 is 0 Å². The Morgan fingerprint density at radius 1 is 1.26 bits per heavy atom. The number of nitrogens with one attached hydrogen (secondary N) is 1. The molecule has 2 heteroatoms. The van der Waals surface area contributed by atoms with Crippen LogP contribution in [0.2, 0.25) is 0 Å². The fourth-order valence-corrected chi connectivity index (χ4v) is 3.28. The molecule has 0 saturated carbocycles. The molecule has 2 rings (SSSR count). The smallest absolute Gasteiger partial charge is 0.223 e. The fourth-order valence-electron chi connectivity index (χ4n) is 3.28. The Labute approximate surface area is 116 Å². The lowest BCUT2D eigenvalue weighted by Crippen LogP contribution is -2.29. The number of hydrogen-bond donors (Lipinski definition) is 1. The van der Waals surface area contributed by atoms with Crippen LogP contribution in [0.25, 0.3) is 0 Å². The van der Waals surface area contributed by atoms with E-state index in [0.29, 0.717) is 12.0 Å². The molecule has 1 aliphatic rings. The van der Waals surface area contributed by atoms with Gasteiger partial charge in [0.2, 0.25) is 5.91 Å². The monoisotopic (exact) mass is 259 g/mol. The van der Waals surface area contributed by atoms with Gasteiger partial charge in [-0.25, -0.2) is 0 Å². The molecule has 2 unspecified atom stereocenters. The number of amides is 1. The second-order valence-electron chi connectivity index (χ2n) is 5.69. The van der Waals surface area contributed by atoms with E-state index in [9.17, 15) is 4.79 Å². The molecule has 0 aromatic heterocycles. The molecule has 1 aliphatic heterocycles. The highest BCUT2D eigenvalue weighted by Gasteiger charge is 2.36. The van der Waals surface area contributed by atoms with Gasteiger partial charge < -0.3 is 5.32 Å². The average molecular weight is 259 g/mol. The third-order valence-electron chi connectivity index (χ3n) is 4.30. The Morgan fingerprint density at radius 3 is 2.63 bits per heavy atom. The first kappa shape index (κ1) is 14.1. The standard InChI is InChI=1S/C17H25NO/c1-3-8-14(4-2)16-12-15(18-17(16)19)11-13-9-6-5-7-10-13/h5-7,9-10,14-16H,3-4,8,11-12H2,1-2H3,(H,18,19)/t14?,15-,16?/m0/s1. The molecule has 1 N–H and O–H groups in total. The molecule has 1 amide bonds. The highest BCUT2D eigenvalue weighted by molar-refractivity contribution is 5.81. The largest absolute Gasteiger partial charge is 0.353 e. The van der Waals surface area contributed by atoms with Crippen molar-refractivity contribution in [3.63, 3.8) is 0 Å². The van der Waals surface area contributed by atoms with Gasteiger partial charge in [-0.3, -0.25) is 4.79 Å². The van der Waals surface area contributed by atoms with Gasteiger partial charge in [-0.05, 0) is 30.7 Å². The van der Waals surface area contributed by atoms with Crippen LogP contribution in [0, 0.1) is 11.8 Å². The van der Waals surface area contributed by atoms with E-state index >= 15 is 0 Å². The maximum absolute atomic E-state index is 12.1. The van der Waals surface area contributed by atoms with Gasteiger partial charge >= 0.3 is 0 Å². The first-order valence-electron chi connectivity index (χ1n) is 7.58. The van der Waals surface area contributed by atoms with Crippen molar-refractivity contribution in [1.82, 2.24) is 5.32 Å². The molecule has 0 aliphatic carbocycles. The maximum Gasteiger partial charge on any atom is 0.223 e. The maximum atomic E-state index is 12.1. The summed E-state index contributed by atoms with van der Waals surface area (Å²) >= 11 is 0. The SMILES string of the molecule is CCCC(CC)C1C[C@H](Cc2ccccc2)NC1=O. The number of carbonyl (C=O) groups is 1. The lowest BCUT2D eigenvalue weighted by molar-refractivity contribution is -0.124. The molecule has 1 heterocycles. The van der Waals surface area contributed by atoms with Crippen molar-refractivity contribution >= 4 is 5.91 Å². The van der Waals surface area contributed by atoms with Crippen LogP contribution in [0.4, 0.5) is 0 Å². The van der Waals surface area contributed by atoms with Crippen molar-refractivity contribution in [3.8, 4) is 0 Å². The molecule has 1 fully saturated rings. The normalized spacial score (nSPS) is 24.2. The average Bonchev–Trinajstić information content (AvgIpc) is 2.78. The van der Waals surface area contributed by atoms with Crippen molar-refractivity contribution < 1.29 is 4.79 Å². The zero-order valence-electron chi connectivity index (χ0n) is 12.1. The molecule has 0 spiro atoms. The predicted octanol–water partition coefficient (Wildman–Crippen LogP) is 3.56. The van der Waals surface area contributed by atoms with Crippen molar-refractivity contribution in [3.05, 3.63) is 35.9 Å². The number of rotatable bonds is 6. The van der Waals surface area contributed by atoms with Gasteiger partial charge in [0.15, 0.2) is 0 Å². The van der Waals surface area contributed by atoms with E-state index in [0.717, 1.165) is 19.3 Å². The Balaban J connectivity index is 1.95. The number of benzene rings is 1. The van der Waals surface area contributed by atoms with E-state index in [1.165, 1.54) is 18.4 Å². The summed E-state index contributed by atoms with van der Waals surface area (Å²) in [6.07, 6.45) is 5.43. The van der Waals surface area contributed by atoms with Gasteiger partial charge in [0.1, 0.15) is 0 Å². The first-order chi connectivity index (χ1) is 9.24. The lowest BCUT2D eigenvalue weighted by Gasteiger charge is -2.19. The molecule has 3 atom stereocenters. The topological polar surface area (TPSA) is 29.1 Å². The summed E-state index contributed by atoms with van der Waals surface area (Å²) < 4.78 is 0. The summed E-state index contributed by atoms with van der Waals surface area (Å²) in [5, 5.41) is 3.19. The van der Waals surface area contributed by atoms with Crippen LogP contribution in [0.5, 0.6) is 0 Å². The van der Waals surface area contributed by atoms with E-state index in [1.807, 2.05) is 6.07 Å². The van der Waals surface area contributed by atoms with Crippen LogP contribution in [-0.2, 0) is 11.2 Å². The Morgan fingerprint density at radius 2 is 2.00 bits per heavy atom. The molecule has 1 aromatic rings. The summed E-state index contributed by atoms with van der Waals surface area (Å²) in [6, 6.07) is 10.8. The molecule has 1 aromatic carbocycles. The molecule has 0 radical (unpaired) electrons. The molecule has 1 saturated heterocycles. The van der Waals surface area contributed by atoms with Crippen molar-refractivity contribution in [2.24, 2.45) is 11.8 Å². The highest BCUT2D eigenvalue weighted by Crippen LogP contribution is 2.30. The van der Waals surface area contributed by atoms with Crippen LogP contribution < -0.4 is 5.32 Å². The quantitative estimate of drug-likeness (QED) is 0.831. The van der Waals surface area contributed by atoms with Crippen molar-refractivity contribution in [2.45, 2.75) is 52.0 Å². The molecule has 2 nitrogen and oxygen atoms in total.